The second-order valence-corrected chi connectivity index (χ2v) is 5.78. The van der Waals surface area contributed by atoms with Gasteiger partial charge in [-0.2, -0.15) is 10.5 Å². The summed E-state index contributed by atoms with van der Waals surface area (Å²) in [6, 6.07) is 13.8. The minimum atomic E-state index is -0.500. The number of para-hydroxylation sites is 1. The van der Waals surface area contributed by atoms with E-state index in [9.17, 15) is 4.79 Å². The molecule has 26 heavy (non-hydrogen) atoms. The molecule has 0 unspecified atom stereocenters. The predicted molar refractivity (Wildman–Crippen MR) is 97.6 cm³/mol. The first kappa shape index (κ1) is 19.0. The van der Waals surface area contributed by atoms with E-state index >= 15 is 0 Å². The highest BCUT2D eigenvalue weighted by atomic mass is 16.5. The Morgan fingerprint density at radius 2 is 1.85 bits per heavy atom. The molecule has 1 fully saturated rings. The van der Waals surface area contributed by atoms with Crippen molar-refractivity contribution in [2.75, 3.05) is 31.1 Å². The number of hydrogen-bond acceptors (Lipinski definition) is 5. The zero-order chi connectivity index (χ0) is 18.8. The van der Waals surface area contributed by atoms with Gasteiger partial charge in [0.15, 0.2) is 0 Å². The Labute approximate surface area is 153 Å². The average molecular weight is 349 g/mol. The number of carbonyl (C=O) groups is 1. The molecule has 1 N–H and O–H groups in total. The number of rotatable bonds is 5. The minimum absolute atomic E-state index is 0.116. The standard InChI is InChI=1S/C20H20N4O2/c1-17(25)26-20(14-18(15-21)16-22)8-5-9-23-10-12-24(13-11-23)19-6-3-2-4-7-19/h2-9,14H,10-13H2,1H3/p+1/b9-5+,20-8+. The van der Waals surface area contributed by atoms with Crippen LogP contribution in [0.5, 0.6) is 0 Å². The van der Waals surface area contributed by atoms with E-state index in [4.69, 9.17) is 15.3 Å². The number of piperazine rings is 1. The van der Waals surface area contributed by atoms with Crippen LogP contribution in [-0.4, -0.2) is 32.1 Å². The van der Waals surface area contributed by atoms with Gasteiger partial charge in [0.05, 0.1) is 32.4 Å². The summed E-state index contributed by atoms with van der Waals surface area (Å²) >= 11 is 0. The number of nitriles is 2. The molecule has 1 heterocycles. The zero-order valence-corrected chi connectivity index (χ0v) is 14.7. The fourth-order valence-corrected chi connectivity index (χ4v) is 2.65. The molecule has 0 atom stereocenters. The van der Waals surface area contributed by atoms with E-state index in [2.05, 4.69) is 17.0 Å². The van der Waals surface area contributed by atoms with Crippen molar-refractivity contribution >= 4 is 11.7 Å². The molecule has 0 aliphatic carbocycles. The van der Waals surface area contributed by atoms with E-state index in [0.717, 1.165) is 26.2 Å². The SMILES string of the molecule is CC(=O)O/C(C=C(C#N)C#N)=C/C=C/[NH+]1CCN(c2ccccc2)CC1. The molecular weight excluding hydrogens is 328 g/mol. The highest BCUT2D eigenvalue weighted by molar-refractivity contribution is 5.68. The minimum Gasteiger partial charge on any atom is -0.427 e. The lowest BCUT2D eigenvalue weighted by Crippen LogP contribution is -3.10. The number of allylic oxidation sites excluding steroid dienone is 4. The molecule has 1 aliphatic rings. The Kier molecular flexibility index (Phi) is 7.17. The Hall–Kier alpha value is -3.35. The van der Waals surface area contributed by atoms with Gasteiger partial charge in [-0.25, -0.2) is 0 Å². The fraction of sp³-hybridized carbons (Fsp3) is 0.250. The molecule has 1 aliphatic heterocycles. The number of hydrogen-bond donors (Lipinski definition) is 1. The number of nitrogens with zero attached hydrogens (tertiary/aromatic N) is 3. The van der Waals surface area contributed by atoms with Crippen LogP contribution in [0.3, 0.4) is 0 Å². The van der Waals surface area contributed by atoms with Crippen molar-refractivity contribution in [2.24, 2.45) is 0 Å². The smallest absolute Gasteiger partial charge is 0.308 e. The quantitative estimate of drug-likeness (QED) is 0.375. The molecule has 1 aromatic carbocycles. The van der Waals surface area contributed by atoms with Crippen LogP contribution in [0, 0.1) is 22.7 Å². The van der Waals surface area contributed by atoms with E-state index in [0.29, 0.717) is 0 Å². The average Bonchev–Trinajstić information content (AvgIpc) is 2.66. The third kappa shape index (κ3) is 5.94. The highest BCUT2D eigenvalue weighted by Gasteiger charge is 2.17. The molecule has 1 aromatic rings. The summed E-state index contributed by atoms with van der Waals surface area (Å²) < 4.78 is 5.02. The van der Waals surface area contributed by atoms with Crippen molar-refractivity contribution in [1.29, 1.82) is 10.5 Å². The number of ether oxygens (including phenoxy) is 1. The van der Waals surface area contributed by atoms with Gasteiger partial charge >= 0.3 is 5.97 Å². The first-order valence-corrected chi connectivity index (χ1v) is 8.35. The zero-order valence-electron chi connectivity index (χ0n) is 14.7. The van der Waals surface area contributed by atoms with Gasteiger partial charge in [-0.3, -0.25) is 4.79 Å². The van der Waals surface area contributed by atoms with Crippen LogP contribution >= 0.6 is 0 Å². The molecule has 0 spiro atoms. The van der Waals surface area contributed by atoms with Crippen molar-refractivity contribution in [3.63, 3.8) is 0 Å². The normalized spacial score (nSPS) is 15.2. The summed E-state index contributed by atoms with van der Waals surface area (Å²) in [5, 5.41) is 17.6. The molecule has 6 heteroatoms. The van der Waals surface area contributed by atoms with E-state index in [1.807, 2.05) is 24.4 Å². The van der Waals surface area contributed by atoms with Gasteiger partial charge in [0, 0.05) is 18.7 Å². The van der Waals surface area contributed by atoms with Gasteiger partial charge in [-0.15, -0.1) is 0 Å². The Bertz CT molecular complexity index is 773. The maximum Gasteiger partial charge on any atom is 0.308 e. The molecule has 0 amide bonds. The first-order valence-electron chi connectivity index (χ1n) is 8.35. The third-order valence-electron chi connectivity index (χ3n) is 3.91. The summed E-state index contributed by atoms with van der Waals surface area (Å²) in [5.74, 6) is -0.325. The third-order valence-corrected chi connectivity index (χ3v) is 3.91. The van der Waals surface area contributed by atoms with Gasteiger partial charge in [0.25, 0.3) is 0 Å². The molecule has 0 saturated carbocycles. The van der Waals surface area contributed by atoms with E-state index in [1.54, 1.807) is 24.3 Å². The van der Waals surface area contributed by atoms with Crippen molar-refractivity contribution < 1.29 is 14.4 Å². The Morgan fingerprint density at radius 1 is 1.19 bits per heavy atom. The second kappa shape index (κ2) is 9.83. The second-order valence-electron chi connectivity index (χ2n) is 5.78. The molecule has 0 bridgehead atoms. The fourth-order valence-electron chi connectivity index (χ4n) is 2.65. The number of carbonyl (C=O) groups excluding carboxylic acids is 1. The Morgan fingerprint density at radius 3 is 2.42 bits per heavy atom. The summed E-state index contributed by atoms with van der Waals surface area (Å²) in [4.78, 5) is 14.8. The van der Waals surface area contributed by atoms with Gasteiger partial charge in [-0.1, -0.05) is 18.2 Å². The van der Waals surface area contributed by atoms with E-state index < -0.39 is 5.97 Å². The number of quaternary nitrogens is 1. The van der Waals surface area contributed by atoms with Crippen LogP contribution in [0.4, 0.5) is 5.69 Å². The predicted octanol–water partition coefficient (Wildman–Crippen LogP) is 1.33. The monoisotopic (exact) mass is 349 g/mol. The van der Waals surface area contributed by atoms with Crippen LogP contribution in [-0.2, 0) is 9.53 Å². The van der Waals surface area contributed by atoms with Crippen LogP contribution in [0.25, 0.3) is 0 Å². The molecule has 132 valence electrons. The molecule has 0 aromatic heterocycles. The van der Waals surface area contributed by atoms with Gasteiger partial charge in [0.1, 0.15) is 23.5 Å². The summed E-state index contributed by atoms with van der Waals surface area (Å²) in [6.07, 6.45) is 6.63. The van der Waals surface area contributed by atoms with Crippen LogP contribution in [0.2, 0.25) is 0 Å². The molecular formula is C20H21N4O2+. The maximum atomic E-state index is 11.2. The number of anilines is 1. The van der Waals surface area contributed by atoms with Crippen LogP contribution < -0.4 is 9.80 Å². The molecule has 2 rings (SSSR count). The molecule has 0 radical (unpaired) electrons. The summed E-state index contributed by atoms with van der Waals surface area (Å²) in [7, 11) is 0. The van der Waals surface area contributed by atoms with Crippen molar-refractivity contribution in [3.05, 3.63) is 66.1 Å². The number of nitrogens with one attached hydrogen (secondary N) is 1. The lowest BCUT2D eigenvalue weighted by molar-refractivity contribution is -0.847. The van der Waals surface area contributed by atoms with Gasteiger partial charge < -0.3 is 14.5 Å². The van der Waals surface area contributed by atoms with E-state index in [1.165, 1.54) is 23.6 Å². The molecule has 6 nitrogen and oxygen atoms in total. The molecule has 1 saturated heterocycles. The van der Waals surface area contributed by atoms with Crippen molar-refractivity contribution in [1.82, 2.24) is 0 Å². The summed E-state index contributed by atoms with van der Waals surface area (Å²) in [5.41, 5.74) is 1.12. The largest absolute Gasteiger partial charge is 0.427 e. The van der Waals surface area contributed by atoms with Crippen molar-refractivity contribution in [3.8, 4) is 12.1 Å². The lowest BCUT2D eigenvalue weighted by atomic mass is 10.2. The highest BCUT2D eigenvalue weighted by Crippen LogP contribution is 2.12. The maximum absolute atomic E-state index is 11.2. The first-order chi connectivity index (χ1) is 12.6. The van der Waals surface area contributed by atoms with Crippen LogP contribution in [0.15, 0.2) is 66.1 Å². The van der Waals surface area contributed by atoms with Crippen LogP contribution in [0.1, 0.15) is 6.92 Å². The Balaban J connectivity index is 1.96. The van der Waals surface area contributed by atoms with E-state index in [-0.39, 0.29) is 11.3 Å². The number of benzene rings is 1. The van der Waals surface area contributed by atoms with Gasteiger partial charge in [-0.05, 0) is 24.3 Å². The van der Waals surface area contributed by atoms with Crippen molar-refractivity contribution in [2.45, 2.75) is 6.92 Å². The lowest BCUT2D eigenvalue weighted by Gasteiger charge is -2.31. The summed E-state index contributed by atoms with van der Waals surface area (Å²) in [6.45, 7) is 5.10. The topological polar surface area (TPSA) is 81.6 Å². The number of esters is 1. The van der Waals surface area contributed by atoms with Gasteiger partial charge in [0.2, 0.25) is 0 Å².